The van der Waals surface area contributed by atoms with Gasteiger partial charge in [0.1, 0.15) is 0 Å². The Hall–Kier alpha value is -1.97. The predicted octanol–water partition coefficient (Wildman–Crippen LogP) is 3.01. The molecule has 0 aliphatic carbocycles. The largest absolute Gasteiger partial charge is 0.379 e. The van der Waals surface area contributed by atoms with Crippen LogP contribution in [-0.4, -0.2) is 23.1 Å². The normalized spacial score (nSPS) is 15.5. The standard InChI is InChI=1S/C15H20N4/c1-2-8-19(9-3-1)15-6-4-13(5-7-15)17-11-14-10-16-12-18-14/h4-7,10,12,17H,1-3,8-9,11H2,(H,16,18). The van der Waals surface area contributed by atoms with Gasteiger partial charge in [-0.3, -0.25) is 0 Å². The molecular weight excluding hydrogens is 236 g/mol. The van der Waals surface area contributed by atoms with Crippen LogP contribution in [0.5, 0.6) is 0 Å². The third kappa shape index (κ3) is 3.08. The molecule has 0 amide bonds. The van der Waals surface area contributed by atoms with E-state index in [0.29, 0.717) is 0 Å². The van der Waals surface area contributed by atoms with Crippen LogP contribution in [0.1, 0.15) is 25.0 Å². The fraction of sp³-hybridized carbons (Fsp3) is 0.400. The highest BCUT2D eigenvalue weighted by Gasteiger charge is 2.10. The lowest BCUT2D eigenvalue weighted by atomic mass is 10.1. The summed E-state index contributed by atoms with van der Waals surface area (Å²) in [7, 11) is 0. The quantitative estimate of drug-likeness (QED) is 0.883. The molecule has 4 nitrogen and oxygen atoms in total. The lowest BCUT2D eigenvalue weighted by Gasteiger charge is -2.28. The molecule has 2 N–H and O–H groups in total. The highest BCUT2D eigenvalue weighted by molar-refractivity contribution is 5.55. The Kier molecular flexibility index (Phi) is 3.68. The Bertz CT molecular complexity index is 483. The number of rotatable bonds is 4. The summed E-state index contributed by atoms with van der Waals surface area (Å²) < 4.78 is 0. The second kappa shape index (κ2) is 5.78. The number of aromatic amines is 1. The first-order chi connectivity index (χ1) is 9.42. The number of imidazole rings is 1. The van der Waals surface area contributed by atoms with Gasteiger partial charge in [-0.05, 0) is 43.5 Å². The number of H-pyrrole nitrogens is 1. The van der Waals surface area contributed by atoms with Gasteiger partial charge in [0.25, 0.3) is 0 Å². The summed E-state index contributed by atoms with van der Waals surface area (Å²) in [5, 5.41) is 3.39. The number of hydrogen-bond donors (Lipinski definition) is 2. The zero-order valence-electron chi connectivity index (χ0n) is 11.1. The van der Waals surface area contributed by atoms with E-state index in [9.17, 15) is 0 Å². The van der Waals surface area contributed by atoms with Crippen LogP contribution < -0.4 is 10.2 Å². The maximum atomic E-state index is 4.01. The molecule has 4 heteroatoms. The van der Waals surface area contributed by atoms with Crippen LogP contribution in [0.2, 0.25) is 0 Å². The molecule has 1 aliphatic rings. The Labute approximate surface area is 113 Å². The molecule has 1 saturated heterocycles. The van der Waals surface area contributed by atoms with Crippen molar-refractivity contribution >= 4 is 11.4 Å². The summed E-state index contributed by atoms with van der Waals surface area (Å²) in [5.41, 5.74) is 3.59. The molecule has 19 heavy (non-hydrogen) atoms. The zero-order chi connectivity index (χ0) is 12.9. The van der Waals surface area contributed by atoms with E-state index in [4.69, 9.17) is 0 Å². The highest BCUT2D eigenvalue weighted by Crippen LogP contribution is 2.21. The lowest BCUT2D eigenvalue weighted by Crippen LogP contribution is -2.29. The minimum absolute atomic E-state index is 0.781. The molecule has 0 bridgehead atoms. The third-order valence-corrected chi connectivity index (χ3v) is 3.63. The van der Waals surface area contributed by atoms with Gasteiger partial charge in [0.05, 0.1) is 18.6 Å². The first-order valence-electron chi connectivity index (χ1n) is 6.98. The average Bonchev–Trinajstić information content (AvgIpc) is 3.00. The first kappa shape index (κ1) is 12.1. The molecule has 1 fully saturated rings. The van der Waals surface area contributed by atoms with Gasteiger partial charge in [0.2, 0.25) is 0 Å². The fourth-order valence-electron chi connectivity index (χ4n) is 2.52. The molecule has 100 valence electrons. The first-order valence-corrected chi connectivity index (χ1v) is 6.98. The van der Waals surface area contributed by atoms with Gasteiger partial charge in [-0.1, -0.05) is 0 Å². The van der Waals surface area contributed by atoms with E-state index in [-0.39, 0.29) is 0 Å². The Morgan fingerprint density at radius 2 is 1.89 bits per heavy atom. The van der Waals surface area contributed by atoms with Crippen LogP contribution >= 0.6 is 0 Å². The van der Waals surface area contributed by atoms with Crippen molar-refractivity contribution in [2.45, 2.75) is 25.8 Å². The van der Waals surface area contributed by atoms with Crippen LogP contribution in [0.25, 0.3) is 0 Å². The van der Waals surface area contributed by atoms with Crippen LogP contribution in [0.15, 0.2) is 36.8 Å². The van der Waals surface area contributed by atoms with Crippen LogP contribution in [0.4, 0.5) is 11.4 Å². The Morgan fingerprint density at radius 1 is 1.11 bits per heavy atom. The summed E-state index contributed by atoms with van der Waals surface area (Å²) in [6, 6.07) is 8.72. The number of aromatic nitrogens is 2. The van der Waals surface area contributed by atoms with Gasteiger partial charge >= 0.3 is 0 Å². The lowest BCUT2D eigenvalue weighted by molar-refractivity contribution is 0.578. The maximum Gasteiger partial charge on any atom is 0.0922 e. The molecule has 0 atom stereocenters. The Morgan fingerprint density at radius 3 is 2.58 bits per heavy atom. The van der Waals surface area contributed by atoms with Gasteiger partial charge in [-0.25, -0.2) is 4.98 Å². The van der Waals surface area contributed by atoms with Crippen LogP contribution in [0, 0.1) is 0 Å². The summed E-state index contributed by atoms with van der Waals surface area (Å²) in [6.45, 7) is 3.17. The van der Waals surface area contributed by atoms with Gasteiger partial charge in [-0.2, -0.15) is 0 Å². The van der Waals surface area contributed by atoms with Crippen molar-refractivity contribution in [1.82, 2.24) is 9.97 Å². The van der Waals surface area contributed by atoms with Gasteiger partial charge in [0.15, 0.2) is 0 Å². The topological polar surface area (TPSA) is 44.0 Å². The van der Waals surface area contributed by atoms with Crippen molar-refractivity contribution in [3.8, 4) is 0 Å². The minimum atomic E-state index is 0.781. The van der Waals surface area contributed by atoms with E-state index >= 15 is 0 Å². The predicted molar refractivity (Wildman–Crippen MR) is 78.4 cm³/mol. The molecule has 0 radical (unpaired) electrons. The number of hydrogen-bond acceptors (Lipinski definition) is 3. The van der Waals surface area contributed by atoms with Crippen molar-refractivity contribution < 1.29 is 0 Å². The summed E-state index contributed by atoms with van der Waals surface area (Å²) in [4.78, 5) is 9.57. The molecule has 0 saturated carbocycles. The van der Waals surface area contributed by atoms with Crippen molar-refractivity contribution in [2.24, 2.45) is 0 Å². The van der Waals surface area contributed by atoms with Crippen molar-refractivity contribution in [3.63, 3.8) is 0 Å². The van der Waals surface area contributed by atoms with E-state index in [0.717, 1.165) is 17.9 Å². The minimum Gasteiger partial charge on any atom is -0.379 e. The maximum absolute atomic E-state index is 4.01. The molecule has 0 unspecified atom stereocenters. The Balaban J connectivity index is 1.58. The molecule has 1 aliphatic heterocycles. The fourth-order valence-corrected chi connectivity index (χ4v) is 2.52. The number of benzene rings is 1. The monoisotopic (exact) mass is 256 g/mol. The highest BCUT2D eigenvalue weighted by atomic mass is 15.1. The van der Waals surface area contributed by atoms with Gasteiger partial charge in [-0.15, -0.1) is 0 Å². The number of nitrogens with zero attached hydrogens (tertiary/aromatic N) is 2. The molecule has 3 rings (SSSR count). The second-order valence-corrected chi connectivity index (χ2v) is 5.02. The zero-order valence-corrected chi connectivity index (χ0v) is 11.1. The number of nitrogens with one attached hydrogen (secondary N) is 2. The molecule has 2 aromatic rings. The van der Waals surface area contributed by atoms with E-state index < -0.39 is 0 Å². The average molecular weight is 256 g/mol. The van der Waals surface area contributed by atoms with Crippen LogP contribution in [-0.2, 0) is 6.54 Å². The molecule has 0 spiro atoms. The molecule has 2 heterocycles. The second-order valence-electron chi connectivity index (χ2n) is 5.02. The third-order valence-electron chi connectivity index (χ3n) is 3.63. The van der Waals surface area contributed by atoms with Gasteiger partial charge < -0.3 is 15.2 Å². The van der Waals surface area contributed by atoms with E-state index in [1.54, 1.807) is 6.33 Å². The number of piperidine rings is 1. The molecular formula is C15H20N4. The van der Waals surface area contributed by atoms with E-state index in [2.05, 4.69) is 44.5 Å². The van der Waals surface area contributed by atoms with E-state index in [1.807, 2.05) is 6.20 Å². The summed E-state index contributed by atoms with van der Waals surface area (Å²) >= 11 is 0. The van der Waals surface area contributed by atoms with E-state index in [1.165, 1.54) is 38.0 Å². The van der Waals surface area contributed by atoms with Crippen molar-refractivity contribution in [1.29, 1.82) is 0 Å². The smallest absolute Gasteiger partial charge is 0.0922 e. The SMILES string of the molecule is c1ncc(CNc2ccc(N3CCCCC3)cc2)[nH]1. The van der Waals surface area contributed by atoms with Crippen LogP contribution in [0.3, 0.4) is 0 Å². The summed E-state index contributed by atoms with van der Waals surface area (Å²) in [6.07, 6.45) is 7.56. The molecule has 1 aromatic heterocycles. The van der Waals surface area contributed by atoms with Crippen molar-refractivity contribution in [2.75, 3.05) is 23.3 Å². The van der Waals surface area contributed by atoms with Crippen molar-refractivity contribution in [3.05, 3.63) is 42.5 Å². The van der Waals surface area contributed by atoms with Gasteiger partial charge in [0, 0.05) is 30.7 Å². The summed E-state index contributed by atoms with van der Waals surface area (Å²) in [5.74, 6) is 0. The number of anilines is 2. The molecule has 1 aromatic carbocycles.